The van der Waals surface area contributed by atoms with Crippen molar-refractivity contribution < 1.29 is 9.53 Å². The monoisotopic (exact) mass is 202 g/mol. The molecule has 1 atom stereocenters. The molecule has 0 aromatic heterocycles. The van der Waals surface area contributed by atoms with E-state index >= 15 is 0 Å². The van der Waals surface area contributed by atoms with Gasteiger partial charge in [-0.1, -0.05) is 0 Å². The summed E-state index contributed by atoms with van der Waals surface area (Å²) in [6.07, 6.45) is 0.419. The standard InChI is InChI=1S/C10H22N2O2/c1-9(2,3)14-8(13)7(11)6-10(4,5)12/h7H,6,11-12H2,1-5H3/t7-/m1/s1. The lowest BCUT2D eigenvalue weighted by Gasteiger charge is -2.26. The highest BCUT2D eigenvalue weighted by Gasteiger charge is 2.26. The van der Waals surface area contributed by atoms with Crippen molar-refractivity contribution in [3.63, 3.8) is 0 Å². The Kier molecular flexibility index (Phi) is 4.09. The van der Waals surface area contributed by atoms with Gasteiger partial charge in [-0.2, -0.15) is 0 Å². The number of ether oxygens (including phenoxy) is 1. The van der Waals surface area contributed by atoms with Crippen LogP contribution in [0.25, 0.3) is 0 Å². The molecule has 0 aliphatic rings. The number of nitrogens with two attached hydrogens (primary N) is 2. The minimum atomic E-state index is -0.644. The molecule has 84 valence electrons. The van der Waals surface area contributed by atoms with E-state index in [2.05, 4.69) is 0 Å². The van der Waals surface area contributed by atoms with Crippen LogP contribution in [-0.4, -0.2) is 23.2 Å². The molecule has 0 rings (SSSR count). The molecule has 0 radical (unpaired) electrons. The fourth-order valence-electron chi connectivity index (χ4n) is 1.03. The fourth-order valence-corrected chi connectivity index (χ4v) is 1.03. The van der Waals surface area contributed by atoms with Gasteiger partial charge in [-0.25, -0.2) is 0 Å². The van der Waals surface area contributed by atoms with E-state index in [-0.39, 0.29) is 0 Å². The molecule has 0 saturated heterocycles. The lowest BCUT2D eigenvalue weighted by molar-refractivity contribution is -0.156. The van der Waals surface area contributed by atoms with Crippen LogP contribution >= 0.6 is 0 Å². The van der Waals surface area contributed by atoms with Crippen molar-refractivity contribution in [3.8, 4) is 0 Å². The molecule has 0 aromatic carbocycles. The first-order valence-corrected chi connectivity index (χ1v) is 4.78. The lowest BCUT2D eigenvalue weighted by Crippen LogP contribution is -2.45. The number of hydrogen-bond donors (Lipinski definition) is 2. The van der Waals surface area contributed by atoms with Gasteiger partial charge in [0, 0.05) is 5.54 Å². The quantitative estimate of drug-likeness (QED) is 0.663. The van der Waals surface area contributed by atoms with Crippen molar-refractivity contribution >= 4 is 5.97 Å². The summed E-state index contributed by atoms with van der Waals surface area (Å²) >= 11 is 0. The largest absolute Gasteiger partial charge is 0.459 e. The molecule has 0 bridgehead atoms. The average molecular weight is 202 g/mol. The molecule has 0 spiro atoms. The predicted octanol–water partition coefficient (Wildman–Crippen LogP) is 0.783. The molecule has 0 aromatic rings. The van der Waals surface area contributed by atoms with Crippen molar-refractivity contribution in [2.75, 3.05) is 0 Å². The zero-order valence-electron chi connectivity index (χ0n) is 9.76. The highest BCUT2D eigenvalue weighted by molar-refractivity contribution is 5.76. The maximum Gasteiger partial charge on any atom is 0.323 e. The summed E-state index contributed by atoms with van der Waals surface area (Å²) in [7, 11) is 0. The SMILES string of the molecule is CC(C)(N)C[C@@H](N)C(=O)OC(C)(C)C. The van der Waals surface area contributed by atoms with Gasteiger partial charge >= 0.3 is 5.97 Å². The lowest BCUT2D eigenvalue weighted by atomic mass is 9.97. The van der Waals surface area contributed by atoms with Crippen molar-refractivity contribution in [2.45, 2.75) is 58.2 Å². The van der Waals surface area contributed by atoms with Gasteiger partial charge in [0.15, 0.2) is 0 Å². The Hall–Kier alpha value is -0.610. The maximum atomic E-state index is 11.4. The normalized spacial score (nSPS) is 15.1. The fraction of sp³-hybridized carbons (Fsp3) is 0.900. The van der Waals surface area contributed by atoms with Crippen LogP contribution < -0.4 is 11.5 Å². The molecule has 0 saturated carbocycles. The third-order valence-corrected chi connectivity index (χ3v) is 1.46. The van der Waals surface area contributed by atoms with E-state index in [1.807, 2.05) is 34.6 Å². The maximum absolute atomic E-state index is 11.4. The molecule has 4 N–H and O–H groups in total. The summed E-state index contributed by atoms with van der Waals surface area (Å²) in [5.74, 6) is -0.393. The van der Waals surface area contributed by atoms with E-state index in [4.69, 9.17) is 16.2 Å². The molecular weight excluding hydrogens is 180 g/mol. The summed E-state index contributed by atoms with van der Waals surface area (Å²) in [6.45, 7) is 9.09. The number of carbonyl (C=O) groups is 1. The third kappa shape index (κ3) is 6.86. The van der Waals surface area contributed by atoms with E-state index in [1.54, 1.807) is 0 Å². The topological polar surface area (TPSA) is 78.3 Å². The van der Waals surface area contributed by atoms with Crippen LogP contribution in [-0.2, 0) is 9.53 Å². The molecule has 0 fully saturated rings. The second-order valence-electron chi connectivity index (χ2n) is 5.33. The predicted molar refractivity (Wildman–Crippen MR) is 56.7 cm³/mol. The highest BCUT2D eigenvalue weighted by Crippen LogP contribution is 2.12. The summed E-state index contributed by atoms with van der Waals surface area (Å²) in [6, 6.07) is -0.644. The van der Waals surface area contributed by atoms with Gasteiger partial charge < -0.3 is 16.2 Å². The van der Waals surface area contributed by atoms with Gasteiger partial charge in [-0.15, -0.1) is 0 Å². The number of esters is 1. The smallest absolute Gasteiger partial charge is 0.323 e. The average Bonchev–Trinajstić information content (AvgIpc) is 1.78. The van der Waals surface area contributed by atoms with E-state index in [1.165, 1.54) is 0 Å². The molecular formula is C10H22N2O2. The molecule has 0 unspecified atom stereocenters. The summed E-state index contributed by atoms with van der Waals surface area (Å²) < 4.78 is 5.13. The van der Waals surface area contributed by atoms with Gasteiger partial charge in [0.05, 0.1) is 0 Å². The number of hydrogen-bond acceptors (Lipinski definition) is 4. The van der Waals surface area contributed by atoms with Crippen molar-refractivity contribution in [1.82, 2.24) is 0 Å². The van der Waals surface area contributed by atoms with Gasteiger partial charge in [0.25, 0.3) is 0 Å². The molecule has 14 heavy (non-hydrogen) atoms. The Morgan fingerprint density at radius 1 is 1.29 bits per heavy atom. The van der Waals surface area contributed by atoms with Gasteiger partial charge in [-0.05, 0) is 41.0 Å². The molecule has 0 amide bonds. The molecule has 4 nitrogen and oxygen atoms in total. The van der Waals surface area contributed by atoms with E-state index in [9.17, 15) is 4.79 Å². The summed E-state index contributed by atoms with van der Waals surface area (Å²) in [5.41, 5.74) is 10.5. The highest BCUT2D eigenvalue weighted by atomic mass is 16.6. The van der Waals surface area contributed by atoms with Crippen LogP contribution in [0.4, 0.5) is 0 Å². The Morgan fingerprint density at radius 2 is 1.71 bits per heavy atom. The first-order valence-electron chi connectivity index (χ1n) is 4.78. The van der Waals surface area contributed by atoms with Gasteiger partial charge in [0.2, 0.25) is 0 Å². The minimum absolute atomic E-state index is 0.393. The Bertz CT molecular complexity index is 201. The van der Waals surface area contributed by atoms with Gasteiger partial charge in [-0.3, -0.25) is 4.79 Å². The third-order valence-electron chi connectivity index (χ3n) is 1.46. The minimum Gasteiger partial charge on any atom is -0.459 e. The van der Waals surface area contributed by atoms with Crippen LogP contribution in [0.1, 0.15) is 41.0 Å². The van der Waals surface area contributed by atoms with Crippen LogP contribution in [0, 0.1) is 0 Å². The first-order chi connectivity index (χ1) is 6.01. The van der Waals surface area contributed by atoms with Crippen LogP contribution in [0.3, 0.4) is 0 Å². The van der Waals surface area contributed by atoms with Crippen molar-refractivity contribution in [1.29, 1.82) is 0 Å². The second kappa shape index (κ2) is 4.28. The van der Waals surface area contributed by atoms with Crippen LogP contribution in [0.5, 0.6) is 0 Å². The van der Waals surface area contributed by atoms with Crippen molar-refractivity contribution in [2.24, 2.45) is 11.5 Å². The van der Waals surface area contributed by atoms with Gasteiger partial charge in [0.1, 0.15) is 11.6 Å². The van der Waals surface area contributed by atoms with E-state index < -0.39 is 23.2 Å². The molecule has 0 aliphatic heterocycles. The Labute approximate surface area is 86.0 Å². The zero-order valence-corrected chi connectivity index (χ0v) is 9.76. The Morgan fingerprint density at radius 3 is 2.00 bits per heavy atom. The summed E-state index contributed by atoms with van der Waals surface area (Å²) in [5, 5.41) is 0. The molecule has 0 heterocycles. The van der Waals surface area contributed by atoms with E-state index in [0.29, 0.717) is 6.42 Å². The van der Waals surface area contributed by atoms with Crippen molar-refractivity contribution in [3.05, 3.63) is 0 Å². The summed E-state index contributed by atoms with van der Waals surface area (Å²) in [4.78, 5) is 11.4. The van der Waals surface area contributed by atoms with Crippen LogP contribution in [0.2, 0.25) is 0 Å². The van der Waals surface area contributed by atoms with E-state index in [0.717, 1.165) is 0 Å². The number of rotatable bonds is 3. The van der Waals surface area contributed by atoms with Crippen LogP contribution in [0.15, 0.2) is 0 Å². The Balaban J connectivity index is 4.15. The molecule has 0 aliphatic carbocycles. The number of carbonyl (C=O) groups excluding carboxylic acids is 1. The first kappa shape index (κ1) is 13.4. The second-order valence-corrected chi connectivity index (χ2v) is 5.33. The zero-order chi connectivity index (χ0) is 11.6. The molecule has 4 heteroatoms.